The van der Waals surface area contributed by atoms with Gasteiger partial charge in [-0.2, -0.15) is 0 Å². The molecule has 1 spiro atoms. The topological polar surface area (TPSA) is 39.6 Å². The van der Waals surface area contributed by atoms with Crippen LogP contribution < -0.4 is 4.90 Å². The first-order valence-electron chi connectivity index (χ1n) is 13.7. The summed E-state index contributed by atoms with van der Waals surface area (Å²) in [6, 6.07) is 10.5. The number of aryl methyl sites for hydroxylation is 1. The number of aromatic nitrogens is 1. The average Bonchev–Trinajstić information content (AvgIpc) is 2.91. The molecule has 2 fully saturated rings. The Morgan fingerprint density at radius 1 is 0.971 bits per heavy atom. The Morgan fingerprint density at radius 2 is 1.77 bits per heavy atom. The molecule has 2 saturated heterocycles. The Bertz CT molecular complexity index is 1100. The number of pyridine rings is 1. The number of piperidine rings is 2. The monoisotopic (exact) mass is 469 g/mol. The first kappa shape index (κ1) is 22.8. The van der Waals surface area contributed by atoms with Crippen molar-refractivity contribution in [3.63, 3.8) is 0 Å². The molecule has 0 saturated carbocycles. The zero-order valence-corrected chi connectivity index (χ0v) is 21.1. The molecule has 1 N–H and O–H groups in total. The highest BCUT2D eigenvalue weighted by Crippen LogP contribution is 2.46. The van der Waals surface area contributed by atoms with E-state index >= 15 is 0 Å². The van der Waals surface area contributed by atoms with Gasteiger partial charge in [0.25, 0.3) is 0 Å². The van der Waals surface area contributed by atoms with Crippen LogP contribution in [0.25, 0.3) is 0 Å². The number of phenolic OH excluding ortho intramolecular Hbond substituents is 1. The van der Waals surface area contributed by atoms with Crippen LogP contribution in [-0.2, 0) is 6.42 Å². The van der Waals surface area contributed by atoms with Crippen molar-refractivity contribution in [3.8, 4) is 5.75 Å². The Labute approximate surface area is 210 Å². The summed E-state index contributed by atoms with van der Waals surface area (Å²) in [7, 11) is 2.26. The van der Waals surface area contributed by atoms with Crippen molar-refractivity contribution >= 4 is 5.69 Å². The highest BCUT2D eigenvalue weighted by atomic mass is 16.3. The minimum absolute atomic E-state index is 0.242. The molecule has 0 radical (unpaired) electrons. The van der Waals surface area contributed by atoms with Gasteiger partial charge in [-0.25, -0.2) is 0 Å². The molecule has 4 aliphatic rings. The Hall–Kier alpha value is -2.59. The normalized spacial score (nSPS) is 26.4. The SMILES string of the molecule is CN1CCC2(CC1)CCN(c1ccc([C@@H]3c4ccc(O)cc4CC[C@@H]3C3=CCCC=C3)nc1)CC2. The quantitative estimate of drug-likeness (QED) is 0.592. The Balaban J connectivity index is 1.23. The lowest BCUT2D eigenvalue weighted by molar-refractivity contribution is 0.0945. The highest BCUT2D eigenvalue weighted by molar-refractivity contribution is 5.49. The second-order valence-corrected chi connectivity index (χ2v) is 11.4. The van der Waals surface area contributed by atoms with E-state index in [2.05, 4.69) is 59.5 Å². The fraction of sp³-hybridized carbons (Fsp3) is 0.516. The second kappa shape index (κ2) is 9.46. The molecule has 184 valence electrons. The van der Waals surface area contributed by atoms with Gasteiger partial charge in [0.05, 0.1) is 11.9 Å². The number of phenols is 1. The summed E-state index contributed by atoms with van der Waals surface area (Å²) in [4.78, 5) is 10.1. The largest absolute Gasteiger partial charge is 0.508 e. The third kappa shape index (κ3) is 4.53. The van der Waals surface area contributed by atoms with Crippen molar-refractivity contribution < 1.29 is 5.11 Å². The van der Waals surface area contributed by atoms with E-state index in [-0.39, 0.29) is 5.92 Å². The van der Waals surface area contributed by atoms with Gasteiger partial charge in [-0.15, -0.1) is 0 Å². The van der Waals surface area contributed by atoms with Gasteiger partial charge in [-0.1, -0.05) is 24.3 Å². The van der Waals surface area contributed by atoms with Gasteiger partial charge in [0.1, 0.15) is 5.75 Å². The lowest BCUT2D eigenvalue weighted by Crippen LogP contribution is -2.46. The number of fused-ring (bicyclic) bond motifs is 1. The maximum atomic E-state index is 10.1. The summed E-state index contributed by atoms with van der Waals surface area (Å²) in [5, 5.41) is 10.1. The number of benzene rings is 1. The molecule has 2 aromatic rings. The molecule has 2 aliphatic carbocycles. The zero-order valence-electron chi connectivity index (χ0n) is 21.1. The van der Waals surface area contributed by atoms with Crippen LogP contribution in [0.4, 0.5) is 5.69 Å². The summed E-state index contributed by atoms with van der Waals surface area (Å²) < 4.78 is 0. The van der Waals surface area contributed by atoms with Crippen LogP contribution in [0, 0.1) is 11.3 Å². The van der Waals surface area contributed by atoms with Gasteiger partial charge in [0.2, 0.25) is 0 Å². The molecular weight excluding hydrogens is 430 g/mol. The second-order valence-electron chi connectivity index (χ2n) is 11.4. The number of rotatable bonds is 3. The standard InChI is InChI=1S/C31H39N3O/c1-33-17-13-31(14-18-33)15-19-34(20-16-31)25-8-12-29(32-22-25)30-27(23-5-3-2-4-6-23)10-7-24-21-26(35)9-11-28(24)30/h3,5-6,8-9,11-12,21-22,27,30,35H,2,4,7,10,13-20H2,1H3/t27-,30+/m1/s1. The summed E-state index contributed by atoms with van der Waals surface area (Å²) in [5.74, 6) is 1.06. The van der Waals surface area contributed by atoms with Gasteiger partial charge in [0.15, 0.2) is 0 Å². The van der Waals surface area contributed by atoms with Crippen molar-refractivity contribution in [1.29, 1.82) is 0 Å². The third-order valence-electron chi connectivity index (χ3n) is 9.37. The van der Waals surface area contributed by atoms with E-state index in [1.807, 2.05) is 12.1 Å². The molecule has 1 aromatic heterocycles. The van der Waals surface area contributed by atoms with Gasteiger partial charge in [-0.05, 0) is 124 Å². The summed E-state index contributed by atoms with van der Waals surface area (Å²) in [6.45, 7) is 4.81. The van der Waals surface area contributed by atoms with Crippen molar-refractivity contribution in [2.45, 2.75) is 57.3 Å². The van der Waals surface area contributed by atoms with Crippen molar-refractivity contribution in [1.82, 2.24) is 9.88 Å². The number of nitrogens with zero attached hydrogens (tertiary/aromatic N) is 3. The molecule has 6 rings (SSSR count). The van der Waals surface area contributed by atoms with E-state index in [1.165, 1.54) is 61.2 Å². The van der Waals surface area contributed by atoms with Crippen LogP contribution in [0.5, 0.6) is 5.75 Å². The number of anilines is 1. The van der Waals surface area contributed by atoms with Crippen molar-refractivity contribution in [3.05, 3.63) is 77.2 Å². The van der Waals surface area contributed by atoms with Gasteiger partial charge < -0.3 is 14.9 Å². The fourth-order valence-corrected chi connectivity index (χ4v) is 7.04. The molecular formula is C31H39N3O. The molecule has 4 nitrogen and oxygen atoms in total. The predicted molar refractivity (Wildman–Crippen MR) is 143 cm³/mol. The van der Waals surface area contributed by atoms with Crippen LogP contribution in [-0.4, -0.2) is 48.2 Å². The van der Waals surface area contributed by atoms with Gasteiger partial charge >= 0.3 is 0 Å². The highest BCUT2D eigenvalue weighted by Gasteiger charge is 2.37. The molecule has 0 amide bonds. The number of hydrogen-bond acceptors (Lipinski definition) is 4. The van der Waals surface area contributed by atoms with E-state index in [0.717, 1.165) is 44.5 Å². The van der Waals surface area contributed by atoms with E-state index in [4.69, 9.17) is 4.98 Å². The van der Waals surface area contributed by atoms with Crippen LogP contribution in [0.2, 0.25) is 0 Å². The number of hydrogen-bond donors (Lipinski definition) is 1. The lowest BCUT2D eigenvalue weighted by atomic mass is 9.69. The Kier molecular flexibility index (Phi) is 6.18. The molecule has 3 heterocycles. The lowest BCUT2D eigenvalue weighted by Gasteiger charge is -2.46. The molecule has 1 aromatic carbocycles. The van der Waals surface area contributed by atoms with Crippen molar-refractivity contribution in [2.24, 2.45) is 11.3 Å². The van der Waals surface area contributed by atoms with Crippen LogP contribution in [0.15, 0.2) is 60.3 Å². The summed E-state index contributed by atoms with van der Waals surface area (Å²) in [5.41, 5.74) is 7.08. The van der Waals surface area contributed by atoms with Crippen LogP contribution in [0.1, 0.15) is 67.7 Å². The van der Waals surface area contributed by atoms with E-state index in [9.17, 15) is 5.11 Å². The molecule has 4 heteroatoms. The molecule has 0 unspecified atom stereocenters. The summed E-state index contributed by atoms with van der Waals surface area (Å²) in [6.07, 6.45) is 19.0. The van der Waals surface area contributed by atoms with Crippen LogP contribution in [0.3, 0.4) is 0 Å². The Morgan fingerprint density at radius 3 is 2.49 bits per heavy atom. The zero-order chi connectivity index (χ0) is 23.8. The van der Waals surface area contributed by atoms with E-state index < -0.39 is 0 Å². The first-order chi connectivity index (χ1) is 17.1. The van der Waals surface area contributed by atoms with Crippen molar-refractivity contribution in [2.75, 3.05) is 38.1 Å². The van der Waals surface area contributed by atoms with Gasteiger partial charge in [-0.3, -0.25) is 4.98 Å². The molecule has 35 heavy (non-hydrogen) atoms. The first-order valence-corrected chi connectivity index (χ1v) is 13.7. The van der Waals surface area contributed by atoms with E-state index in [0.29, 0.717) is 17.1 Å². The average molecular weight is 470 g/mol. The smallest absolute Gasteiger partial charge is 0.115 e. The minimum Gasteiger partial charge on any atom is -0.508 e. The maximum absolute atomic E-state index is 10.1. The molecule has 0 bridgehead atoms. The number of allylic oxidation sites excluding steroid dienone is 4. The fourth-order valence-electron chi connectivity index (χ4n) is 7.04. The summed E-state index contributed by atoms with van der Waals surface area (Å²) >= 11 is 0. The van der Waals surface area contributed by atoms with Crippen LogP contribution >= 0.6 is 0 Å². The minimum atomic E-state index is 0.242. The van der Waals surface area contributed by atoms with E-state index in [1.54, 1.807) is 0 Å². The third-order valence-corrected chi connectivity index (χ3v) is 9.37. The van der Waals surface area contributed by atoms with Gasteiger partial charge in [0, 0.05) is 24.7 Å². The molecule has 2 aliphatic heterocycles. The molecule has 2 atom stereocenters. The number of aromatic hydroxyl groups is 1. The number of likely N-dealkylation sites (tertiary alicyclic amines) is 1. The maximum Gasteiger partial charge on any atom is 0.115 e. The predicted octanol–water partition coefficient (Wildman–Crippen LogP) is 6.07.